The molecule has 0 radical (unpaired) electrons. The number of ketones is 1. The van der Waals surface area contributed by atoms with Crippen LogP contribution >= 0.6 is 34.8 Å². The highest BCUT2D eigenvalue weighted by molar-refractivity contribution is 6.52. The minimum Gasteiger partial charge on any atom is -0.507 e. The number of rotatable bonds is 3. The van der Waals surface area contributed by atoms with Crippen LogP contribution in [0.2, 0.25) is 15.1 Å². The zero-order valence-electron chi connectivity index (χ0n) is 15.7. The molecule has 1 saturated heterocycles. The van der Waals surface area contributed by atoms with E-state index in [0.717, 1.165) is 0 Å². The van der Waals surface area contributed by atoms with Crippen LogP contribution < -0.4 is 4.90 Å². The SMILES string of the molecule is O=C1C(=O)N(c2cccc(Cl)c2)C(c2ccc(F)cc2)/C1=C(\O)c1ccc(Cl)c(Cl)c1. The highest BCUT2D eigenvalue weighted by Gasteiger charge is 2.47. The van der Waals surface area contributed by atoms with Crippen LogP contribution in [-0.4, -0.2) is 16.8 Å². The highest BCUT2D eigenvalue weighted by Crippen LogP contribution is 2.43. The Balaban J connectivity index is 1.96. The van der Waals surface area contributed by atoms with E-state index in [4.69, 9.17) is 34.8 Å². The van der Waals surface area contributed by atoms with E-state index in [2.05, 4.69) is 0 Å². The largest absolute Gasteiger partial charge is 0.507 e. The molecule has 31 heavy (non-hydrogen) atoms. The maximum absolute atomic E-state index is 13.5. The Kier molecular flexibility index (Phi) is 5.75. The summed E-state index contributed by atoms with van der Waals surface area (Å²) in [6.07, 6.45) is 0. The molecule has 4 nitrogen and oxygen atoms in total. The molecule has 1 N–H and O–H groups in total. The first-order valence-corrected chi connectivity index (χ1v) is 10.2. The molecule has 1 atom stereocenters. The number of aliphatic hydroxyl groups is 1. The first-order chi connectivity index (χ1) is 14.8. The Hall–Kier alpha value is -2.86. The molecule has 0 bridgehead atoms. The second kappa shape index (κ2) is 8.35. The fraction of sp³-hybridized carbons (Fsp3) is 0.0435. The zero-order valence-corrected chi connectivity index (χ0v) is 17.9. The van der Waals surface area contributed by atoms with E-state index in [1.165, 1.54) is 53.4 Å². The Labute approximate surface area is 192 Å². The summed E-state index contributed by atoms with van der Waals surface area (Å²) >= 11 is 18.1. The zero-order chi connectivity index (χ0) is 22.3. The maximum atomic E-state index is 13.5. The van der Waals surface area contributed by atoms with Crippen LogP contribution in [-0.2, 0) is 9.59 Å². The molecule has 1 fully saturated rings. The summed E-state index contributed by atoms with van der Waals surface area (Å²) in [4.78, 5) is 27.2. The van der Waals surface area contributed by atoms with Gasteiger partial charge in [-0.3, -0.25) is 14.5 Å². The van der Waals surface area contributed by atoms with E-state index < -0.39 is 29.3 Å². The molecule has 0 spiro atoms. The molecule has 1 unspecified atom stereocenters. The Morgan fingerprint density at radius 3 is 2.26 bits per heavy atom. The van der Waals surface area contributed by atoms with E-state index >= 15 is 0 Å². The van der Waals surface area contributed by atoms with Crippen LogP contribution in [0.1, 0.15) is 17.2 Å². The van der Waals surface area contributed by atoms with E-state index in [-0.39, 0.29) is 21.2 Å². The predicted octanol–water partition coefficient (Wildman–Crippen LogP) is 6.41. The van der Waals surface area contributed by atoms with Crippen molar-refractivity contribution in [2.75, 3.05) is 4.90 Å². The molecule has 1 aliphatic rings. The number of hydrogen-bond donors (Lipinski definition) is 1. The van der Waals surface area contributed by atoms with Gasteiger partial charge in [0.05, 0.1) is 21.7 Å². The van der Waals surface area contributed by atoms with Crippen LogP contribution in [0.15, 0.2) is 72.3 Å². The van der Waals surface area contributed by atoms with Crippen LogP contribution in [0.5, 0.6) is 0 Å². The Morgan fingerprint density at radius 2 is 1.61 bits per heavy atom. The van der Waals surface area contributed by atoms with Gasteiger partial charge >= 0.3 is 0 Å². The van der Waals surface area contributed by atoms with Crippen molar-refractivity contribution in [3.63, 3.8) is 0 Å². The minimum atomic E-state index is -1.01. The van der Waals surface area contributed by atoms with Gasteiger partial charge < -0.3 is 5.11 Å². The van der Waals surface area contributed by atoms with E-state index in [0.29, 0.717) is 16.3 Å². The topological polar surface area (TPSA) is 57.6 Å². The first kappa shape index (κ1) is 21.4. The molecule has 1 aliphatic heterocycles. The second-order valence-corrected chi connectivity index (χ2v) is 8.08. The number of carbonyl (C=O) groups is 2. The molecule has 156 valence electrons. The fourth-order valence-electron chi connectivity index (χ4n) is 3.48. The lowest BCUT2D eigenvalue weighted by atomic mass is 9.95. The number of hydrogen-bond acceptors (Lipinski definition) is 3. The number of Topliss-reactive ketones (excluding diaryl/α,β-unsaturated/α-hetero) is 1. The van der Waals surface area contributed by atoms with Gasteiger partial charge in [-0.1, -0.05) is 53.0 Å². The molecule has 3 aromatic carbocycles. The monoisotopic (exact) mass is 475 g/mol. The number of nitrogens with zero attached hydrogens (tertiary/aromatic N) is 1. The molecule has 1 amide bonds. The third-order valence-electron chi connectivity index (χ3n) is 4.91. The van der Waals surface area contributed by atoms with Gasteiger partial charge in [0.2, 0.25) is 0 Å². The van der Waals surface area contributed by atoms with Gasteiger partial charge in [0, 0.05) is 16.3 Å². The molecule has 0 aliphatic carbocycles. The maximum Gasteiger partial charge on any atom is 0.300 e. The summed E-state index contributed by atoms with van der Waals surface area (Å²) in [5.74, 6) is -2.64. The molecular weight excluding hydrogens is 464 g/mol. The number of amides is 1. The van der Waals surface area contributed by atoms with Crippen molar-refractivity contribution >= 4 is 57.9 Å². The minimum absolute atomic E-state index is 0.157. The Morgan fingerprint density at radius 1 is 0.903 bits per heavy atom. The molecule has 0 saturated carbocycles. The number of halogens is 4. The fourth-order valence-corrected chi connectivity index (χ4v) is 3.97. The summed E-state index contributed by atoms with van der Waals surface area (Å²) in [6, 6.07) is 15.1. The van der Waals surface area contributed by atoms with Crippen molar-refractivity contribution in [2.24, 2.45) is 0 Å². The lowest BCUT2D eigenvalue weighted by Gasteiger charge is -2.25. The number of aliphatic hydroxyl groups excluding tert-OH is 1. The van der Waals surface area contributed by atoms with Gasteiger partial charge in [-0.05, 0) is 54.1 Å². The number of carbonyl (C=O) groups excluding carboxylic acids is 2. The normalized spacial score (nSPS) is 17.9. The third-order valence-corrected chi connectivity index (χ3v) is 5.88. The third kappa shape index (κ3) is 3.92. The van der Waals surface area contributed by atoms with Gasteiger partial charge in [0.25, 0.3) is 11.7 Å². The van der Waals surface area contributed by atoms with E-state index in [1.807, 2.05) is 0 Å². The van der Waals surface area contributed by atoms with Gasteiger partial charge in [-0.2, -0.15) is 0 Å². The molecule has 0 aromatic heterocycles. The van der Waals surface area contributed by atoms with Gasteiger partial charge in [-0.25, -0.2) is 4.39 Å². The average Bonchev–Trinajstić information content (AvgIpc) is 3.01. The van der Waals surface area contributed by atoms with Gasteiger partial charge in [0.15, 0.2) is 0 Å². The number of anilines is 1. The van der Waals surface area contributed by atoms with Crippen LogP contribution in [0.4, 0.5) is 10.1 Å². The van der Waals surface area contributed by atoms with Gasteiger partial charge in [-0.15, -0.1) is 0 Å². The van der Waals surface area contributed by atoms with E-state index in [9.17, 15) is 19.1 Å². The molecule has 8 heteroatoms. The summed E-state index contributed by atoms with van der Waals surface area (Å²) in [6.45, 7) is 0. The van der Waals surface area contributed by atoms with Crippen molar-refractivity contribution in [2.45, 2.75) is 6.04 Å². The lowest BCUT2D eigenvalue weighted by Crippen LogP contribution is -2.29. The van der Waals surface area contributed by atoms with Crippen molar-refractivity contribution in [1.29, 1.82) is 0 Å². The molecule has 3 aromatic rings. The average molecular weight is 477 g/mol. The van der Waals surface area contributed by atoms with Crippen LogP contribution in [0, 0.1) is 5.82 Å². The van der Waals surface area contributed by atoms with E-state index in [1.54, 1.807) is 18.2 Å². The molecular formula is C23H13Cl3FNO3. The second-order valence-electron chi connectivity index (χ2n) is 6.83. The first-order valence-electron chi connectivity index (χ1n) is 9.05. The van der Waals surface area contributed by atoms with Crippen LogP contribution in [0.25, 0.3) is 5.76 Å². The quantitative estimate of drug-likeness (QED) is 0.270. The number of benzene rings is 3. The van der Waals surface area contributed by atoms with Crippen molar-refractivity contribution in [3.05, 3.63) is 104 Å². The summed E-state index contributed by atoms with van der Waals surface area (Å²) in [7, 11) is 0. The lowest BCUT2D eigenvalue weighted by molar-refractivity contribution is -0.132. The molecule has 1 heterocycles. The summed E-state index contributed by atoms with van der Waals surface area (Å²) < 4.78 is 13.5. The summed E-state index contributed by atoms with van der Waals surface area (Å²) in [5, 5.41) is 11.8. The summed E-state index contributed by atoms with van der Waals surface area (Å²) in [5.41, 5.74) is 0.847. The highest BCUT2D eigenvalue weighted by atomic mass is 35.5. The van der Waals surface area contributed by atoms with Crippen LogP contribution in [0.3, 0.4) is 0 Å². The van der Waals surface area contributed by atoms with Crippen molar-refractivity contribution < 1.29 is 19.1 Å². The smallest absolute Gasteiger partial charge is 0.300 e. The van der Waals surface area contributed by atoms with Crippen molar-refractivity contribution in [3.8, 4) is 0 Å². The Bertz CT molecular complexity index is 1240. The standard InChI is InChI=1S/C23H13Cl3FNO3/c24-14-2-1-3-16(11-14)28-20(12-4-7-15(27)8-5-12)19(22(30)23(28)31)21(29)13-6-9-17(25)18(26)10-13/h1-11,20,29H/b21-19+. The predicted molar refractivity (Wildman–Crippen MR) is 119 cm³/mol. The van der Waals surface area contributed by atoms with Gasteiger partial charge in [0.1, 0.15) is 11.6 Å². The molecule has 4 rings (SSSR count). The van der Waals surface area contributed by atoms with Crippen molar-refractivity contribution in [1.82, 2.24) is 0 Å².